The summed E-state index contributed by atoms with van der Waals surface area (Å²) in [6, 6.07) is 11.4. The van der Waals surface area contributed by atoms with E-state index in [1.165, 1.54) is 22.5 Å². The van der Waals surface area contributed by atoms with Crippen LogP contribution in [0.1, 0.15) is 49.2 Å². The fraction of sp³-hybridized carbons (Fsp3) is 0.381. The Balaban J connectivity index is 2.31. The third kappa shape index (κ3) is 5.29. The molecule has 0 heterocycles. The highest BCUT2D eigenvalue weighted by atomic mass is 35.5. The number of carbonyl (C=O) groups is 1. The molecule has 0 saturated carbocycles. The van der Waals surface area contributed by atoms with Gasteiger partial charge in [0.15, 0.2) is 0 Å². The number of hydrogen-bond donors (Lipinski definition) is 1. The van der Waals surface area contributed by atoms with E-state index in [-0.39, 0.29) is 21.5 Å². The lowest BCUT2D eigenvalue weighted by Crippen LogP contribution is -2.31. The number of nitrogens with one attached hydrogen (secondary N) is 1. The van der Waals surface area contributed by atoms with E-state index in [2.05, 4.69) is 5.32 Å². The first-order valence-corrected chi connectivity index (χ1v) is 11.3. The van der Waals surface area contributed by atoms with Crippen LogP contribution in [0.25, 0.3) is 0 Å². The van der Waals surface area contributed by atoms with Gasteiger partial charge in [-0.1, -0.05) is 44.5 Å². The van der Waals surface area contributed by atoms with E-state index in [9.17, 15) is 13.2 Å². The molecular weight excluding hydrogens is 412 g/mol. The summed E-state index contributed by atoms with van der Waals surface area (Å²) in [6.07, 6.45) is 0.660. The zero-order valence-corrected chi connectivity index (χ0v) is 18.7. The average Bonchev–Trinajstić information content (AvgIpc) is 2.72. The van der Waals surface area contributed by atoms with E-state index in [1.54, 1.807) is 21.0 Å². The molecule has 1 amide bonds. The van der Waals surface area contributed by atoms with Crippen molar-refractivity contribution in [3.63, 3.8) is 0 Å². The van der Waals surface area contributed by atoms with Crippen molar-refractivity contribution in [1.82, 2.24) is 9.62 Å². The van der Waals surface area contributed by atoms with Crippen LogP contribution in [0.3, 0.4) is 0 Å². The summed E-state index contributed by atoms with van der Waals surface area (Å²) in [6.45, 7) is 6.19. The number of hydrogen-bond acceptors (Lipinski definition) is 4. The van der Waals surface area contributed by atoms with E-state index in [0.29, 0.717) is 19.5 Å². The molecule has 0 aliphatic heterocycles. The van der Waals surface area contributed by atoms with Gasteiger partial charge in [-0.05, 0) is 42.3 Å². The quantitative estimate of drug-likeness (QED) is 0.634. The van der Waals surface area contributed by atoms with Crippen molar-refractivity contribution in [2.45, 2.75) is 38.1 Å². The van der Waals surface area contributed by atoms with Gasteiger partial charge in [-0.15, -0.1) is 0 Å². The van der Waals surface area contributed by atoms with Crippen LogP contribution in [0.15, 0.2) is 47.4 Å². The summed E-state index contributed by atoms with van der Waals surface area (Å²) in [5, 5.41) is 3.14. The van der Waals surface area contributed by atoms with Gasteiger partial charge in [-0.3, -0.25) is 4.79 Å². The van der Waals surface area contributed by atoms with E-state index in [1.807, 2.05) is 31.2 Å². The fourth-order valence-corrected chi connectivity index (χ4v) is 4.73. The average molecular weight is 439 g/mol. The van der Waals surface area contributed by atoms with Crippen LogP contribution in [0.2, 0.25) is 5.02 Å². The summed E-state index contributed by atoms with van der Waals surface area (Å²) in [7, 11) is -2.09. The van der Waals surface area contributed by atoms with Gasteiger partial charge in [0.25, 0.3) is 5.91 Å². The Bertz CT molecular complexity index is 942. The van der Waals surface area contributed by atoms with Gasteiger partial charge in [0.2, 0.25) is 10.0 Å². The molecule has 8 heteroatoms. The number of ether oxygens (including phenoxy) is 1. The molecule has 29 heavy (non-hydrogen) atoms. The third-order valence-electron chi connectivity index (χ3n) is 4.76. The number of rotatable bonds is 9. The number of halogens is 1. The molecule has 2 aromatic rings. The van der Waals surface area contributed by atoms with Crippen LogP contribution in [0.5, 0.6) is 5.75 Å². The second kappa shape index (κ2) is 10.1. The standard InChI is InChI=1S/C21H27ClN2O4S/c1-5-20(15-8-10-16(28-4)11-9-15)23-21(25)18-14-17(12-13-19(18)22)29(26,27)24(6-2)7-3/h8-14,20H,5-7H2,1-4H3,(H,23,25). The highest BCUT2D eigenvalue weighted by molar-refractivity contribution is 7.89. The van der Waals surface area contributed by atoms with Gasteiger partial charge >= 0.3 is 0 Å². The van der Waals surface area contributed by atoms with Gasteiger partial charge in [-0.25, -0.2) is 8.42 Å². The molecule has 0 bridgehead atoms. The molecule has 0 radical (unpaired) electrons. The molecule has 158 valence electrons. The zero-order valence-electron chi connectivity index (χ0n) is 17.1. The Morgan fingerprint density at radius 2 is 1.72 bits per heavy atom. The third-order valence-corrected chi connectivity index (χ3v) is 7.13. The minimum Gasteiger partial charge on any atom is -0.497 e. The minimum atomic E-state index is -3.69. The van der Waals surface area contributed by atoms with Gasteiger partial charge in [0.1, 0.15) is 5.75 Å². The lowest BCUT2D eigenvalue weighted by molar-refractivity contribution is 0.0935. The predicted octanol–water partition coefficient (Wildman–Crippen LogP) is 4.26. The first-order valence-electron chi connectivity index (χ1n) is 9.52. The number of methoxy groups -OCH3 is 1. The van der Waals surface area contributed by atoms with E-state index < -0.39 is 15.9 Å². The van der Waals surface area contributed by atoms with Crippen molar-refractivity contribution in [2.24, 2.45) is 0 Å². The number of amides is 1. The molecule has 2 aromatic carbocycles. The molecule has 0 saturated heterocycles. The van der Waals surface area contributed by atoms with Gasteiger partial charge in [-0.2, -0.15) is 4.31 Å². The van der Waals surface area contributed by atoms with Gasteiger partial charge in [0.05, 0.1) is 28.6 Å². The van der Waals surface area contributed by atoms with Crippen molar-refractivity contribution in [2.75, 3.05) is 20.2 Å². The molecule has 6 nitrogen and oxygen atoms in total. The molecule has 0 aliphatic carbocycles. The van der Waals surface area contributed by atoms with Crippen molar-refractivity contribution < 1.29 is 17.9 Å². The van der Waals surface area contributed by atoms with Crippen LogP contribution in [0, 0.1) is 0 Å². The Hall–Kier alpha value is -2.09. The van der Waals surface area contributed by atoms with Crippen LogP contribution in [-0.4, -0.2) is 38.8 Å². The summed E-state index contributed by atoms with van der Waals surface area (Å²) in [5.74, 6) is 0.307. The monoisotopic (exact) mass is 438 g/mol. The summed E-state index contributed by atoms with van der Waals surface area (Å²) in [4.78, 5) is 12.9. The van der Waals surface area contributed by atoms with Crippen LogP contribution in [-0.2, 0) is 10.0 Å². The highest BCUT2D eigenvalue weighted by Gasteiger charge is 2.24. The Labute approximate surface area is 177 Å². The second-order valence-corrected chi connectivity index (χ2v) is 8.78. The number of benzene rings is 2. The molecule has 0 spiro atoms. The molecule has 0 aromatic heterocycles. The number of sulfonamides is 1. The minimum absolute atomic E-state index is 0.0493. The number of carbonyl (C=O) groups excluding carboxylic acids is 1. The maximum atomic E-state index is 12.9. The van der Waals surface area contributed by atoms with Crippen LogP contribution < -0.4 is 10.1 Å². The Kier molecular flexibility index (Phi) is 8.07. The SMILES string of the molecule is CCC(NC(=O)c1cc(S(=O)(=O)N(CC)CC)ccc1Cl)c1ccc(OC)cc1. The largest absolute Gasteiger partial charge is 0.497 e. The Morgan fingerprint density at radius 3 is 2.24 bits per heavy atom. The fourth-order valence-electron chi connectivity index (χ4n) is 3.04. The normalized spacial score (nSPS) is 12.6. The van der Waals surface area contributed by atoms with Crippen molar-refractivity contribution >= 4 is 27.5 Å². The van der Waals surface area contributed by atoms with E-state index >= 15 is 0 Å². The molecule has 0 fully saturated rings. The van der Waals surface area contributed by atoms with Crippen LogP contribution in [0.4, 0.5) is 0 Å². The maximum absolute atomic E-state index is 12.9. The number of nitrogens with zero attached hydrogens (tertiary/aromatic N) is 1. The molecular formula is C21H27ClN2O4S. The Morgan fingerprint density at radius 1 is 1.10 bits per heavy atom. The topological polar surface area (TPSA) is 75.7 Å². The first kappa shape index (κ1) is 23.2. The molecule has 2 rings (SSSR count). The van der Waals surface area contributed by atoms with E-state index in [0.717, 1.165) is 11.3 Å². The summed E-state index contributed by atoms with van der Waals surface area (Å²) >= 11 is 6.21. The van der Waals surface area contributed by atoms with Crippen molar-refractivity contribution in [1.29, 1.82) is 0 Å². The van der Waals surface area contributed by atoms with Gasteiger partial charge in [0, 0.05) is 13.1 Å². The molecule has 1 atom stereocenters. The van der Waals surface area contributed by atoms with Crippen molar-refractivity contribution in [3.05, 3.63) is 58.6 Å². The lowest BCUT2D eigenvalue weighted by atomic mass is 10.0. The second-order valence-electron chi connectivity index (χ2n) is 6.44. The maximum Gasteiger partial charge on any atom is 0.253 e. The molecule has 1 N–H and O–H groups in total. The van der Waals surface area contributed by atoms with Crippen LogP contribution >= 0.6 is 11.6 Å². The highest BCUT2D eigenvalue weighted by Crippen LogP contribution is 2.25. The summed E-state index contributed by atoms with van der Waals surface area (Å²) < 4.78 is 32.1. The summed E-state index contributed by atoms with van der Waals surface area (Å²) in [5.41, 5.74) is 1.05. The molecule has 1 unspecified atom stereocenters. The smallest absolute Gasteiger partial charge is 0.253 e. The lowest BCUT2D eigenvalue weighted by Gasteiger charge is -2.20. The van der Waals surface area contributed by atoms with E-state index in [4.69, 9.17) is 16.3 Å². The van der Waals surface area contributed by atoms with Crippen molar-refractivity contribution in [3.8, 4) is 5.75 Å². The molecule has 0 aliphatic rings. The van der Waals surface area contributed by atoms with Gasteiger partial charge < -0.3 is 10.1 Å². The predicted molar refractivity (Wildman–Crippen MR) is 115 cm³/mol. The first-order chi connectivity index (χ1) is 13.8. The zero-order chi connectivity index (χ0) is 21.6.